The average molecular weight is 262 g/mol. The van der Waals surface area contributed by atoms with Gasteiger partial charge in [0.05, 0.1) is 11.3 Å². The van der Waals surface area contributed by atoms with Crippen LogP contribution < -0.4 is 5.32 Å². The van der Waals surface area contributed by atoms with Crippen molar-refractivity contribution >= 4 is 22.4 Å². The van der Waals surface area contributed by atoms with Crippen LogP contribution in [0.3, 0.4) is 0 Å². The number of para-hydroxylation sites is 1. The van der Waals surface area contributed by atoms with E-state index in [0.717, 1.165) is 17.0 Å². The summed E-state index contributed by atoms with van der Waals surface area (Å²) in [4.78, 5) is 17.4. The lowest BCUT2D eigenvalue weighted by Crippen LogP contribution is -2.11. The maximum Gasteiger partial charge on any atom is 0.261 e. The minimum Gasteiger partial charge on any atom is -0.507 e. The topological polar surface area (TPSA) is 62.2 Å². The second kappa shape index (κ2) is 5.18. The largest absolute Gasteiger partial charge is 0.507 e. The Labute approximate surface area is 109 Å². The van der Waals surface area contributed by atoms with E-state index in [1.54, 1.807) is 18.2 Å². The number of carbonyl (C=O) groups is 1. The van der Waals surface area contributed by atoms with E-state index >= 15 is 0 Å². The van der Waals surface area contributed by atoms with Gasteiger partial charge in [-0.05, 0) is 25.5 Å². The third-order valence-corrected chi connectivity index (χ3v) is 3.53. The Morgan fingerprint density at radius 3 is 2.78 bits per heavy atom. The number of hydrogen-bond donors (Lipinski definition) is 2. The summed E-state index contributed by atoms with van der Waals surface area (Å²) in [5.74, 6) is -0.372. The second-order valence-corrected chi connectivity index (χ2v) is 5.05. The lowest BCUT2D eigenvalue weighted by molar-refractivity contribution is 0.102. The van der Waals surface area contributed by atoms with Crippen LogP contribution in [0, 0.1) is 6.92 Å². The Morgan fingerprint density at radius 1 is 1.44 bits per heavy atom. The van der Waals surface area contributed by atoms with Crippen molar-refractivity contribution in [3.05, 3.63) is 40.4 Å². The fourth-order valence-electron chi connectivity index (χ4n) is 1.64. The van der Waals surface area contributed by atoms with Crippen molar-refractivity contribution in [1.82, 2.24) is 4.98 Å². The van der Waals surface area contributed by atoms with Gasteiger partial charge < -0.3 is 5.11 Å². The monoisotopic (exact) mass is 262 g/mol. The van der Waals surface area contributed by atoms with Crippen molar-refractivity contribution in [2.75, 3.05) is 5.32 Å². The highest BCUT2D eigenvalue weighted by molar-refractivity contribution is 7.15. The summed E-state index contributed by atoms with van der Waals surface area (Å²) in [7, 11) is 0. The number of benzene rings is 1. The van der Waals surface area contributed by atoms with Gasteiger partial charge in [0.25, 0.3) is 5.91 Å². The molecule has 2 N–H and O–H groups in total. The number of aryl methyl sites for hydroxylation is 2. The fraction of sp³-hybridized carbons (Fsp3) is 0.231. The van der Waals surface area contributed by atoms with Crippen LogP contribution in [-0.2, 0) is 6.42 Å². The number of phenols is 1. The maximum absolute atomic E-state index is 11.9. The SMILES string of the molecule is CCc1nc(NC(=O)c2ccccc2O)sc1C. The number of anilines is 1. The Kier molecular flexibility index (Phi) is 3.62. The number of nitrogens with zero attached hydrogens (tertiary/aromatic N) is 1. The standard InChI is InChI=1S/C13H14N2O2S/c1-3-10-8(2)18-13(14-10)15-12(17)9-6-4-5-7-11(9)16/h4-7,16H,3H2,1-2H3,(H,14,15,17). The third-order valence-electron chi connectivity index (χ3n) is 2.60. The number of nitrogens with one attached hydrogen (secondary N) is 1. The molecule has 94 valence electrons. The molecule has 0 aliphatic heterocycles. The quantitative estimate of drug-likeness (QED) is 0.894. The van der Waals surface area contributed by atoms with Crippen LogP contribution in [0.15, 0.2) is 24.3 Å². The number of aromatic hydroxyl groups is 1. The molecule has 0 aliphatic carbocycles. The van der Waals surface area contributed by atoms with Gasteiger partial charge in [0, 0.05) is 4.88 Å². The molecule has 1 aromatic carbocycles. The molecule has 1 heterocycles. The highest BCUT2D eigenvalue weighted by Gasteiger charge is 2.13. The van der Waals surface area contributed by atoms with Gasteiger partial charge >= 0.3 is 0 Å². The average Bonchev–Trinajstić information content (AvgIpc) is 2.69. The highest BCUT2D eigenvalue weighted by atomic mass is 32.1. The van der Waals surface area contributed by atoms with Crippen LogP contribution in [0.2, 0.25) is 0 Å². The molecule has 5 heteroatoms. The van der Waals surface area contributed by atoms with Crippen molar-refractivity contribution in [1.29, 1.82) is 0 Å². The Balaban J connectivity index is 2.19. The van der Waals surface area contributed by atoms with Gasteiger partial charge in [-0.25, -0.2) is 4.98 Å². The van der Waals surface area contributed by atoms with E-state index in [4.69, 9.17) is 0 Å². The second-order valence-electron chi connectivity index (χ2n) is 3.85. The summed E-state index contributed by atoms with van der Waals surface area (Å²) in [5, 5.41) is 12.9. The number of thiazole rings is 1. The summed E-state index contributed by atoms with van der Waals surface area (Å²) in [6.07, 6.45) is 0.842. The van der Waals surface area contributed by atoms with Crippen LogP contribution in [0.1, 0.15) is 27.9 Å². The van der Waals surface area contributed by atoms with Crippen LogP contribution in [-0.4, -0.2) is 16.0 Å². The van der Waals surface area contributed by atoms with Gasteiger partial charge in [0.2, 0.25) is 0 Å². The zero-order valence-corrected chi connectivity index (χ0v) is 11.0. The Bertz CT molecular complexity index is 578. The minimum absolute atomic E-state index is 0.0287. The van der Waals surface area contributed by atoms with E-state index in [-0.39, 0.29) is 17.2 Å². The number of phenolic OH excluding ortho intramolecular Hbond substituents is 1. The van der Waals surface area contributed by atoms with Crippen molar-refractivity contribution < 1.29 is 9.90 Å². The molecule has 0 fully saturated rings. The molecule has 0 bridgehead atoms. The lowest BCUT2D eigenvalue weighted by Gasteiger charge is -2.03. The van der Waals surface area contributed by atoms with Crippen molar-refractivity contribution in [3.8, 4) is 5.75 Å². The molecule has 1 aromatic heterocycles. The van der Waals surface area contributed by atoms with Crippen molar-refractivity contribution in [2.24, 2.45) is 0 Å². The van der Waals surface area contributed by atoms with Crippen LogP contribution in [0.25, 0.3) is 0 Å². The first kappa shape index (κ1) is 12.6. The molecule has 4 nitrogen and oxygen atoms in total. The molecule has 0 saturated carbocycles. The molecule has 2 aromatic rings. The molecular formula is C13H14N2O2S. The number of rotatable bonds is 3. The summed E-state index contributed by atoms with van der Waals surface area (Å²) in [6, 6.07) is 6.44. The summed E-state index contributed by atoms with van der Waals surface area (Å²) in [6.45, 7) is 4.00. The van der Waals surface area contributed by atoms with E-state index in [1.165, 1.54) is 17.4 Å². The first-order chi connectivity index (χ1) is 8.61. The van der Waals surface area contributed by atoms with Crippen molar-refractivity contribution in [3.63, 3.8) is 0 Å². The molecule has 0 saturated heterocycles. The Morgan fingerprint density at radius 2 is 2.17 bits per heavy atom. The predicted octanol–water partition coefficient (Wildman–Crippen LogP) is 2.97. The zero-order valence-electron chi connectivity index (χ0n) is 10.2. The van der Waals surface area contributed by atoms with E-state index < -0.39 is 0 Å². The third kappa shape index (κ3) is 2.51. The molecule has 0 radical (unpaired) electrons. The van der Waals surface area contributed by atoms with Gasteiger partial charge in [-0.1, -0.05) is 19.1 Å². The van der Waals surface area contributed by atoms with Gasteiger partial charge in [-0.3, -0.25) is 10.1 Å². The summed E-state index contributed by atoms with van der Waals surface area (Å²) >= 11 is 1.44. The Hall–Kier alpha value is -1.88. The zero-order chi connectivity index (χ0) is 13.1. The number of aromatic nitrogens is 1. The number of hydrogen-bond acceptors (Lipinski definition) is 4. The first-order valence-corrected chi connectivity index (χ1v) is 6.49. The van der Waals surface area contributed by atoms with Crippen LogP contribution >= 0.6 is 11.3 Å². The molecule has 1 amide bonds. The molecule has 0 aliphatic rings. The smallest absolute Gasteiger partial charge is 0.261 e. The first-order valence-electron chi connectivity index (χ1n) is 5.67. The summed E-state index contributed by atoms with van der Waals surface area (Å²) < 4.78 is 0. The van der Waals surface area contributed by atoms with Crippen molar-refractivity contribution in [2.45, 2.75) is 20.3 Å². The van der Waals surface area contributed by atoms with Gasteiger partial charge in [-0.2, -0.15) is 0 Å². The molecule has 18 heavy (non-hydrogen) atoms. The number of amides is 1. The summed E-state index contributed by atoms with van der Waals surface area (Å²) in [5.41, 5.74) is 1.25. The predicted molar refractivity (Wildman–Crippen MR) is 72.3 cm³/mol. The van der Waals surface area contributed by atoms with Crippen LogP contribution in [0.4, 0.5) is 5.13 Å². The molecule has 0 atom stereocenters. The van der Waals surface area contributed by atoms with Crippen LogP contribution in [0.5, 0.6) is 5.75 Å². The van der Waals surface area contributed by atoms with E-state index in [9.17, 15) is 9.90 Å². The lowest BCUT2D eigenvalue weighted by atomic mass is 10.2. The molecular weight excluding hydrogens is 248 g/mol. The highest BCUT2D eigenvalue weighted by Crippen LogP contribution is 2.24. The molecule has 0 spiro atoms. The van der Waals surface area contributed by atoms with E-state index in [1.807, 2.05) is 13.8 Å². The normalized spacial score (nSPS) is 10.3. The number of carbonyl (C=O) groups excluding carboxylic acids is 1. The van der Waals surface area contributed by atoms with Gasteiger partial charge in [0.15, 0.2) is 5.13 Å². The fourth-order valence-corrected chi connectivity index (χ4v) is 2.54. The minimum atomic E-state index is -0.343. The molecule has 2 rings (SSSR count). The maximum atomic E-state index is 11.9. The van der Waals surface area contributed by atoms with Gasteiger partial charge in [-0.15, -0.1) is 11.3 Å². The van der Waals surface area contributed by atoms with Gasteiger partial charge in [0.1, 0.15) is 5.75 Å². The molecule has 0 unspecified atom stereocenters. The van der Waals surface area contributed by atoms with E-state index in [0.29, 0.717) is 5.13 Å². The van der Waals surface area contributed by atoms with E-state index in [2.05, 4.69) is 10.3 Å².